The third-order valence-corrected chi connectivity index (χ3v) is 4.13. The van der Waals surface area contributed by atoms with Gasteiger partial charge >= 0.3 is 0 Å². The van der Waals surface area contributed by atoms with Gasteiger partial charge in [0, 0.05) is 23.4 Å². The Morgan fingerprint density at radius 3 is 2.57 bits per heavy atom. The predicted octanol–water partition coefficient (Wildman–Crippen LogP) is 0.939. The molecule has 5 heteroatoms. The first-order valence-corrected chi connectivity index (χ1v) is 7.56. The van der Waals surface area contributed by atoms with Gasteiger partial charge in [-0.15, -0.1) is 0 Å². The summed E-state index contributed by atoms with van der Waals surface area (Å²) in [5, 5.41) is 11.6. The van der Waals surface area contributed by atoms with Crippen LogP contribution in [0.2, 0.25) is 0 Å². The van der Waals surface area contributed by atoms with Crippen LogP contribution < -0.4 is 16.1 Å². The van der Waals surface area contributed by atoms with Crippen LogP contribution in [0.3, 0.4) is 0 Å². The van der Waals surface area contributed by atoms with Crippen molar-refractivity contribution < 1.29 is 9.90 Å². The van der Waals surface area contributed by atoms with Crippen LogP contribution in [0.25, 0.3) is 12.3 Å². The number of pyridine rings is 2. The number of rotatable bonds is 2. The van der Waals surface area contributed by atoms with E-state index in [1.165, 1.54) is 10.6 Å². The molecule has 0 bridgehead atoms. The number of aliphatic hydroxyl groups excluding tert-OH is 1. The van der Waals surface area contributed by atoms with E-state index < -0.39 is 0 Å². The van der Waals surface area contributed by atoms with Crippen molar-refractivity contribution in [1.29, 1.82) is 0 Å². The Balaban J connectivity index is 2.56. The van der Waals surface area contributed by atoms with Gasteiger partial charge in [0.05, 0.1) is 5.35 Å². The van der Waals surface area contributed by atoms with E-state index in [1.54, 1.807) is 19.9 Å². The van der Waals surface area contributed by atoms with Gasteiger partial charge < -0.3 is 9.67 Å². The molecule has 2 aromatic heterocycles. The molecule has 0 aliphatic heterocycles. The van der Waals surface area contributed by atoms with Crippen molar-refractivity contribution in [2.24, 2.45) is 0 Å². The molecule has 23 heavy (non-hydrogen) atoms. The highest BCUT2D eigenvalue weighted by Crippen LogP contribution is 2.24. The van der Waals surface area contributed by atoms with Crippen LogP contribution >= 0.6 is 0 Å². The molecule has 0 radical (unpaired) electrons. The van der Waals surface area contributed by atoms with Crippen molar-refractivity contribution in [3.63, 3.8) is 0 Å². The van der Waals surface area contributed by atoms with Crippen LogP contribution in [0.5, 0.6) is 0 Å². The van der Waals surface area contributed by atoms with Crippen LogP contribution in [0.4, 0.5) is 0 Å². The monoisotopic (exact) mass is 310 g/mol. The zero-order chi connectivity index (χ0) is 16.9. The maximum atomic E-state index is 13.0. The first-order valence-electron chi connectivity index (χ1n) is 7.56. The quantitative estimate of drug-likeness (QED) is 0.896. The second-order valence-electron chi connectivity index (χ2n) is 5.87. The topological polar surface area (TPSA) is 72.2 Å². The molecule has 2 aromatic rings. The van der Waals surface area contributed by atoms with Gasteiger partial charge in [0.15, 0.2) is 0 Å². The molecule has 0 aromatic carbocycles. The van der Waals surface area contributed by atoms with Gasteiger partial charge in [-0.1, -0.05) is 13.5 Å². The Morgan fingerprint density at radius 1 is 1.22 bits per heavy atom. The number of carbonyl (C=O) groups is 1. The molecule has 3 rings (SSSR count). The number of nitrogens with zero attached hydrogens (tertiary/aromatic N) is 2. The minimum Gasteiger partial charge on any atom is -0.507 e. The van der Waals surface area contributed by atoms with E-state index in [9.17, 15) is 14.7 Å². The van der Waals surface area contributed by atoms with Crippen LogP contribution in [0.1, 0.15) is 46.2 Å². The second-order valence-corrected chi connectivity index (χ2v) is 5.87. The molecule has 0 fully saturated rings. The summed E-state index contributed by atoms with van der Waals surface area (Å²) in [5.74, 6) is -0.336. The largest absolute Gasteiger partial charge is 0.507 e. The summed E-state index contributed by atoms with van der Waals surface area (Å²) in [6.45, 7) is 9.65. The van der Waals surface area contributed by atoms with E-state index in [4.69, 9.17) is 0 Å². The van der Waals surface area contributed by atoms with Crippen molar-refractivity contribution in [2.75, 3.05) is 0 Å². The van der Waals surface area contributed by atoms with Gasteiger partial charge in [-0.3, -0.25) is 9.59 Å². The summed E-state index contributed by atoms with van der Waals surface area (Å²) in [6, 6.07) is 3.19. The summed E-state index contributed by atoms with van der Waals surface area (Å²) in [4.78, 5) is 29.5. The third-order valence-electron chi connectivity index (χ3n) is 4.13. The Hall–Kier alpha value is -2.69. The summed E-state index contributed by atoms with van der Waals surface area (Å²) >= 11 is 0. The molecule has 118 valence electrons. The lowest BCUT2D eigenvalue weighted by molar-refractivity contribution is 0.102. The molecular formula is C18H18N2O3. The van der Waals surface area contributed by atoms with E-state index >= 15 is 0 Å². The Labute approximate surface area is 133 Å². The Morgan fingerprint density at radius 2 is 1.91 bits per heavy atom. The minimum absolute atomic E-state index is 0.00181. The number of ketones is 1. The lowest BCUT2D eigenvalue weighted by Gasteiger charge is -2.21. The average molecular weight is 310 g/mol. The smallest absolute Gasteiger partial charge is 0.251 e. The van der Waals surface area contributed by atoms with Crippen molar-refractivity contribution in [1.82, 2.24) is 9.55 Å². The maximum Gasteiger partial charge on any atom is 0.251 e. The lowest BCUT2D eigenvalue weighted by Crippen LogP contribution is -2.38. The van der Waals surface area contributed by atoms with Gasteiger partial charge in [-0.2, -0.15) is 0 Å². The van der Waals surface area contributed by atoms with Gasteiger partial charge in [0.25, 0.3) is 5.56 Å². The number of aromatic nitrogens is 2. The van der Waals surface area contributed by atoms with Gasteiger partial charge in [-0.05, 0) is 37.5 Å². The van der Waals surface area contributed by atoms with Crippen LogP contribution in [-0.4, -0.2) is 20.4 Å². The third kappa shape index (κ3) is 2.11. The van der Waals surface area contributed by atoms with E-state index in [0.717, 1.165) is 5.56 Å². The van der Waals surface area contributed by atoms with Gasteiger partial charge in [0.2, 0.25) is 5.78 Å². The number of fused-ring (bicyclic) bond motifs is 2. The minimum atomic E-state index is -0.337. The number of aryl methyl sites for hydroxylation is 2. The Kier molecular flexibility index (Phi) is 3.43. The number of aliphatic hydroxyl groups is 1. The first kappa shape index (κ1) is 15.2. The van der Waals surface area contributed by atoms with Crippen LogP contribution in [0, 0.1) is 13.8 Å². The molecule has 0 spiro atoms. The molecule has 1 N–H and O–H groups in total. The molecule has 5 nitrogen and oxygen atoms in total. The SMILES string of the molecule is C=c1cc(C)c2c(n1)C(=O)c1c(c(C)cc(=O)n1CCC)C=2O. The zero-order valence-electron chi connectivity index (χ0n) is 13.4. The molecule has 0 unspecified atom stereocenters. The fourth-order valence-corrected chi connectivity index (χ4v) is 3.19. The number of carbonyl (C=O) groups excluding carboxylic acids is 1. The van der Waals surface area contributed by atoms with Crippen LogP contribution in [-0.2, 0) is 6.54 Å². The lowest BCUT2D eigenvalue weighted by atomic mass is 9.91. The highest BCUT2D eigenvalue weighted by Gasteiger charge is 2.30. The molecular weight excluding hydrogens is 292 g/mol. The summed E-state index contributed by atoms with van der Waals surface area (Å²) in [5.41, 5.74) is 1.90. The average Bonchev–Trinajstić information content (AvgIpc) is 2.46. The molecule has 0 saturated heterocycles. The van der Waals surface area contributed by atoms with Gasteiger partial charge in [-0.25, -0.2) is 4.98 Å². The summed E-state index contributed by atoms with van der Waals surface area (Å²) in [7, 11) is 0. The highest BCUT2D eigenvalue weighted by molar-refractivity contribution is 6.12. The zero-order valence-corrected chi connectivity index (χ0v) is 13.4. The van der Waals surface area contributed by atoms with Crippen molar-refractivity contribution in [2.45, 2.75) is 33.7 Å². The number of hydrogen-bond acceptors (Lipinski definition) is 4. The molecule has 1 aliphatic carbocycles. The van der Waals surface area contributed by atoms with Crippen molar-refractivity contribution in [3.05, 3.63) is 61.1 Å². The maximum absolute atomic E-state index is 13.0. The van der Waals surface area contributed by atoms with Crippen molar-refractivity contribution in [3.8, 4) is 0 Å². The second kappa shape index (κ2) is 5.19. The molecule has 0 atom stereocenters. The molecule has 0 amide bonds. The Bertz CT molecular complexity index is 1020. The van der Waals surface area contributed by atoms with Crippen LogP contribution in [0.15, 0.2) is 16.9 Å². The molecule has 2 heterocycles. The molecule has 0 saturated carbocycles. The van der Waals surface area contributed by atoms with E-state index in [-0.39, 0.29) is 28.5 Å². The summed E-state index contributed by atoms with van der Waals surface area (Å²) in [6.07, 6.45) is 0.706. The number of hydrogen-bond donors (Lipinski definition) is 1. The first-order chi connectivity index (χ1) is 10.9. The van der Waals surface area contributed by atoms with Crippen molar-refractivity contribution >= 4 is 18.1 Å². The van der Waals surface area contributed by atoms with Gasteiger partial charge in [0.1, 0.15) is 17.1 Å². The van der Waals surface area contributed by atoms with E-state index in [1.807, 2.05) is 6.92 Å². The normalized spacial score (nSPS) is 13.0. The fraction of sp³-hybridized carbons (Fsp3) is 0.278. The summed E-state index contributed by atoms with van der Waals surface area (Å²) < 4.78 is 1.43. The van der Waals surface area contributed by atoms with E-state index in [0.29, 0.717) is 34.7 Å². The fourth-order valence-electron chi connectivity index (χ4n) is 3.19. The highest BCUT2D eigenvalue weighted by atomic mass is 16.3. The predicted molar refractivity (Wildman–Crippen MR) is 88.0 cm³/mol. The van der Waals surface area contributed by atoms with E-state index in [2.05, 4.69) is 11.6 Å². The standard InChI is InChI=1S/C18H18N2O3/c1-5-6-20-12(21)8-10(3)14-16(20)18(23)15-13(17(14)22)9(2)7-11(4)19-15/h7-8,22H,4-6H2,1-3H3. The molecule has 1 aliphatic rings.